The maximum Gasteiger partial charge on any atom is 0.278 e. The van der Waals surface area contributed by atoms with E-state index in [0.717, 1.165) is 11.3 Å². The number of benzene rings is 1. The van der Waals surface area contributed by atoms with Crippen LogP contribution in [0.4, 0.5) is 0 Å². The smallest absolute Gasteiger partial charge is 0.278 e. The zero-order chi connectivity index (χ0) is 13.7. The van der Waals surface area contributed by atoms with E-state index in [1.807, 2.05) is 31.2 Å². The molecule has 0 aliphatic carbocycles. The van der Waals surface area contributed by atoms with E-state index in [-0.39, 0.29) is 5.25 Å². The second-order valence-electron chi connectivity index (χ2n) is 3.72. The SMILES string of the molecule is CCOc1ccc(-c2nnc(SC(C)C#N)o2)cc1. The number of hydrogen-bond donors (Lipinski definition) is 0. The normalized spacial score (nSPS) is 11.8. The minimum Gasteiger partial charge on any atom is -0.494 e. The highest BCUT2D eigenvalue weighted by Crippen LogP contribution is 2.26. The number of thioether (sulfide) groups is 1. The molecule has 0 radical (unpaired) electrons. The molecule has 6 heteroatoms. The van der Waals surface area contributed by atoms with Gasteiger partial charge in [0, 0.05) is 5.56 Å². The molecule has 0 bridgehead atoms. The van der Waals surface area contributed by atoms with Gasteiger partial charge >= 0.3 is 0 Å². The highest BCUT2D eigenvalue weighted by Gasteiger charge is 2.12. The van der Waals surface area contributed by atoms with Crippen LogP contribution in [-0.4, -0.2) is 22.1 Å². The summed E-state index contributed by atoms with van der Waals surface area (Å²) in [6.45, 7) is 4.35. The van der Waals surface area contributed by atoms with Gasteiger partial charge in [0.1, 0.15) is 5.75 Å². The fourth-order valence-electron chi connectivity index (χ4n) is 1.41. The van der Waals surface area contributed by atoms with Crippen LogP contribution in [0.1, 0.15) is 13.8 Å². The number of hydrogen-bond acceptors (Lipinski definition) is 6. The molecule has 0 fully saturated rings. The quantitative estimate of drug-likeness (QED) is 0.780. The standard InChI is InChI=1S/C13H13N3O2S/c1-3-17-11-6-4-10(5-7-11)12-15-16-13(18-12)19-9(2)8-14/h4-7,9H,3H2,1-2H3. The molecule has 0 saturated carbocycles. The van der Waals surface area contributed by atoms with Crippen LogP contribution in [0.25, 0.3) is 11.5 Å². The van der Waals surface area contributed by atoms with Gasteiger partial charge in [0.2, 0.25) is 5.89 Å². The third kappa shape index (κ3) is 3.48. The van der Waals surface area contributed by atoms with Gasteiger partial charge in [-0.1, -0.05) is 0 Å². The van der Waals surface area contributed by atoms with E-state index in [1.54, 1.807) is 6.92 Å². The lowest BCUT2D eigenvalue weighted by Crippen LogP contribution is -1.90. The highest BCUT2D eigenvalue weighted by atomic mass is 32.2. The fourth-order valence-corrected chi connectivity index (χ4v) is 1.98. The molecule has 1 atom stereocenters. The summed E-state index contributed by atoms with van der Waals surface area (Å²) >= 11 is 1.24. The van der Waals surface area contributed by atoms with E-state index < -0.39 is 0 Å². The lowest BCUT2D eigenvalue weighted by molar-refractivity contribution is 0.340. The van der Waals surface area contributed by atoms with Crippen molar-refractivity contribution in [3.05, 3.63) is 24.3 Å². The Balaban J connectivity index is 2.12. The molecule has 0 amide bonds. The summed E-state index contributed by atoms with van der Waals surface area (Å²) in [7, 11) is 0. The van der Waals surface area contributed by atoms with Gasteiger partial charge in [-0.25, -0.2) is 0 Å². The molecule has 0 N–H and O–H groups in total. The average molecular weight is 275 g/mol. The minimum atomic E-state index is -0.214. The van der Waals surface area contributed by atoms with Crippen molar-refractivity contribution in [2.45, 2.75) is 24.3 Å². The molecule has 2 rings (SSSR count). The molecule has 5 nitrogen and oxygen atoms in total. The largest absolute Gasteiger partial charge is 0.494 e. The van der Waals surface area contributed by atoms with Crippen molar-refractivity contribution in [3.63, 3.8) is 0 Å². The molecule has 0 spiro atoms. The van der Waals surface area contributed by atoms with E-state index >= 15 is 0 Å². The number of aromatic nitrogens is 2. The van der Waals surface area contributed by atoms with Gasteiger partial charge in [-0.2, -0.15) is 5.26 Å². The van der Waals surface area contributed by atoms with Crippen molar-refractivity contribution in [1.82, 2.24) is 10.2 Å². The third-order valence-electron chi connectivity index (χ3n) is 2.28. The molecular weight excluding hydrogens is 262 g/mol. The Morgan fingerprint density at radius 3 is 2.74 bits per heavy atom. The summed E-state index contributed by atoms with van der Waals surface area (Å²) in [6, 6.07) is 9.54. The van der Waals surface area contributed by atoms with Gasteiger partial charge in [-0.05, 0) is 49.9 Å². The van der Waals surface area contributed by atoms with Crippen molar-refractivity contribution in [2.75, 3.05) is 6.61 Å². The summed E-state index contributed by atoms with van der Waals surface area (Å²) in [5.74, 6) is 1.24. The van der Waals surface area contributed by atoms with E-state index in [0.29, 0.717) is 17.7 Å². The maximum absolute atomic E-state index is 8.73. The van der Waals surface area contributed by atoms with Crippen LogP contribution in [0.5, 0.6) is 5.75 Å². The second kappa shape index (κ2) is 6.25. The van der Waals surface area contributed by atoms with E-state index in [2.05, 4.69) is 16.3 Å². The molecule has 2 aromatic rings. The molecule has 1 heterocycles. The first-order chi connectivity index (χ1) is 9.22. The van der Waals surface area contributed by atoms with Gasteiger partial charge in [0.15, 0.2) is 0 Å². The van der Waals surface area contributed by atoms with E-state index in [4.69, 9.17) is 14.4 Å². The number of nitriles is 1. The van der Waals surface area contributed by atoms with Crippen LogP contribution in [0.3, 0.4) is 0 Å². The summed E-state index contributed by atoms with van der Waals surface area (Å²) < 4.78 is 10.9. The van der Waals surface area contributed by atoms with Crippen molar-refractivity contribution in [2.24, 2.45) is 0 Å². The average Bonchev–Trinajstić information content (AvgIpc) is 2.88. The predicted octanol–water partition coefficient (Wildman–Crippen LogP) is 3.14. The van der Waals surface area contributed by atoms with Crippen LogP contribution >= 0.6 is 11.8 Å². The Morgan fingerprint density at radius 1 is 1.37 bits per heavy atom. The van der Waals surface area contributed by atoms with Gasteiger partial charge in [-0.3, -0.25) is 0 Å². The Labute approximate surface area is 115 Å². The lowest BCUT2D eigenvalue weighted by Gasteiger charge is -2.02. The Hall–Kier alpha value is -2.00. The highest BCUT2D eigenvalue weighted by molar-refractivity contribution is 7.99. The monoisotopic (exact) mass is 275 g/mol. The molecule has 0 aliphatic rings. The van der Waals surface area contributed by atoms with Crippen LogP contribution < -0.4 is 4.74 Å². The molecule has 1 aromatic heterocycles. The Bertz CT molecular complexity index is 574. The maximum atomic E-state index is 8.73. The van der Waals surface area contributed by atoms with Gasteiger partial charge < -0.3 is 9.15 Å². The first kappa shape index (κ1) is 13.4. The zero-order valence-corrected chi connectivity index (χ0v) is 11.5. The van der Waals surface area contributed by atoms with Crippen LogP contribution in [0.2, 0.25) is 0 Å². The number of rotatable bonds is 5. The predicted molar refractivity (Wildman–Crippen MR) is 71.8 cm³/mol. The van der Waals surface area contributed by atoms with Gasteiger partial charge in [0.25, 0.3) is 5.22 Å². The second-order valence-corrected chi connectivity index (χ2v) is 5.01. The van der Waals surface area contributed by atoms with Crippen LogP contribution in [0.15, 0.2) is 33.9 Å². The first-order valence-corrected chi connectivity index (χ1v) is 6.74. The van der Waals surface area contributed by atoms with Crippen molar-refractivity contribution >= 4 is 11.8 Å². The molecule has 0 saturated heterocycles. The molecule has 19 heavy (non-hydrogen) atoms. The molecule has 1 aromatic carbocycles. The van der Waals surface area contributed by atoms with Crippen LogP contribution in [0, 0.1) is 11.3 Å². The first-order valence-electron chi connectivity index (χ1n) is 5.86. The summed E-state index contributed by atoms with van der Waals surface area (Å²) in [4.78, 5) is 0. The van der Waals surface area contributed by atoms with E-state index in [1.165, 1.54) is 11.8 Å². The van der Waals surface area contributed by atoms with Crippen molar-refractivity contribution in [3.8, 4) is 23.3 Å². The van der Waals surface area contributed by atoms with Gasteiger partial charge in [-0.15, -0.1) is 10.2 Å². The minimum absolute atomic E-state index is 0.214. The van der Waals surface area contributed by atoms with Crippen molar-refractivity contribution < 1.29 is 9.15 Å². The topological polar surface area (TPSA) is 71.9 Å². The fraction of sp³-hybridized carbons (Fsp3) is 0.308. The molecular formula is C13H13N3O2S. The third-order valence-corrected chi connectivity index (χ3v) is 3.10. The lowest BCUT2D eigenvalue weighted by atomic mass is 10.2. The number of nitrogens with zero attached hydrogens (tertiary/aromatic N) is 3. The summed E-state index contributed by atoms with van der Waals surface area (Å²) in [6.07, 6.45) is 0. The molecule has 98 valence electrons. The number of ether oxygens (including phenoxy) is 1. The Morgan fingerprint density at radius 2 is 2.11 bits per heavy atom. The van der Waals surface area contributed by atoms with Crippen LogP contribution in [-0.2, 0) is 0 Å². The Kier molecular flexibility index (Phi) is 4.42. The van der Waals surface area contributed by atoms with Gasteiger partial charge in [0.05, 0.1) is 17.9 Å². The molecule has 1 unspecified atom stereocenters. The van der Waals surface area contributed by atoms with Crippen molar-refractivity contribution in [1.29, 1.82) is 5.26 Å². The summed E-state index contributed by atoms with van der Waals surface area (Å²) in [5, 5.41) is 16.8. The molecule has 0 aliphatic heterocycles. The summed E-state index contributed by atoms with van der Waals surface area (Å²) in [5.41, 5.74) is 0.826. The zero-order valence-electron chi connectivity index (χ0n) is 10.7. The van der Waals surface area contributed by atoms with E-state index in [9.17, 15) is 0 Å².